The number of amides is 2. The van der Waals surface area contributed by atoms with E-state index in [1.807, 2.05) is 35.0 Å². The standard InChI is InChI=1S/C19H23N3O2/c1-21(17-7-6-14-4-2-3-5-16(14)12-17)13-18(23)22-10-8-15(9-11-22)19(20)24/h2-7,12,15H,8-11,13H2,1H3,(H2,20,24). The van der Waals surface area contributed by atoms with Crippen molar-refractivity contribution in [1.82, 2.24) is 4.90 Å². The summed E-state index contributed by atoms with van der Waals surface area (Å²) in [6.07, 6.45) is 1.33. The summed E-state index contributed by atoms with van der Waals surface area (Å²) in [4.78, 5) is 27.5. The van der Waals surface area contributed by atoms with Gasteiger partial charge in [0.1, 0.15) is 0 Å². The maximum absolute atomic E-state index is 12.5. The molecule has 5 nitrogen and oxygen atoms in total. The lowest BCUT2D eigenvalue weighted by atomic mass is 9.96. The molecule has 0 radical (unpaired) electrons. The van der Waals surface area contributed by atoms with E-state index >= 15 is 0 Å². The van der Waals surface area contributed by atoms with Crippen molar-refractivity contribution in [2.75, 3.05) is 31.6 Å². The van der Waals surface area contributed by atoms with Crippen molar-refractivity contribution in [3.63, 3.8) is 0 Å². The summed E-state index contributed by atoms with van der Waals surface area (Å²) in [5.74, 6) is -0.253. The van der Waals surface area contributed by atoms with Gasteiger partial charge in [-0.15, -0.1) is 0 Å². The molecule has 24 heavy (non-hydrogen) atoms. The van der Waals surface area contributed by atoms with Gasteiger partial charge in [0, 0.05) is 31.7 Å². The van der Waals surface area contributed by atoms with E-state index in [0.717, 1.165) is 11.1 Å². The van der Waals surface area contributed by atoms with Crippen LogP contribution in [-0.4, -0.2) is 43.4 Å². The normalized spacial score (nSPS) is 15.5. The van der Waals surface area contributed by atoms with Gasteiger partial charge in [-0.1, -0.05) is 30.3 Å². The Kier molecular flexibility index (Phi) is 4.69. The molecule has 5 heteroatoms. The number of hydrogen-bond acceptors (Lipinski definition) is 3. The predicted molar refractivity (Wildman–Crippen MR) is 95.7 cm³/mol. The van der Waals surface area contributed by atoms with Crippen LogP contribution in [0.25, 0.3) is 10.8 Å². The monoisotopic (exact) mass is 325 g/mol. The molecule has 2 amide bonds. The maximum Gasteiger partial charge on any atom is 0.242 e. The molecule has 2 N–H and O–H groups in total. The molecule has 2 aromatic rings. The average molecular weight is 325 g/mol. The number of nitrogens with zero attached hydrogens (tertiary/aromatic N) is 2. The van der Waals surface area contributed by atoms with Gasteiger partial charge < -0.3 is 15.5 Å². The Balaban J connectivity index is 1.62. The lowest BCUT2D eigenvalue weighted by Gasteiger charge is -2.32. The number of piperidine rings is 1. The molecule has 126 valence electrons. The largest absolute Gasteiger partial charge is 0.369 e. The summed E-state index contributed by atoms with van der Waals surface area (Å²) in [7, 11) is 1.93. The minimum Gasteiger partial charge on any atom is -0.369 e. The van der Waals surface area contributed by atoms with Crippen molar-refractivity contribution in [3.05, 3.63) is 42.5 Å². The minimum atomic E-state index is -0.254. The van der Waals surface area contributed by atoms with E-state index in [2.05, 4.69) is 24.3 Å². The van der Waals surface area contributed by atoms with Crippen molar-refractivity contribution in [1.29, 1.82) is 0 Å². The zero-order valence-electron chi connectivity index (χ0n) is 13.9. The average Bonchev–Trinajstić information content (AvgIpc) is 2.61. The van der Waals surface area contributed by atoms with Gasteiger partial charge in [-0.25, -0.2) is 0 Å². The third-order valence-electron chi connectivity index (χ3n) is 4.80. The summed E-state index contributed by atoms with van der Waals surface area (Å²) >= 11 is 0. The lowest BCUT2D eigenvalue weighted by molar-refractivity contribution is -0.133. The Morgan fingerprint density at radius 3 is 2.46 bits per heavy atom. The molecule has 1 aliphatic rings. The van der Waals surface area contributed by atoms with E-state index in [1.165, 1.54) is 5.39 Å². The third kappa shape index (κ3) is 3.50. The van der Waals surface area contributed by atoms with Crippen LogP contribution in [0.5, 0.6) is 0 Å². The second-order valence-corrected chi connectivity index (χ2v) is 6.44. The molecule has 0 bridgehead atoms. The summed E-state index contributed by atoms with van der Waals surface area (Å²) in [5, 5.41) is 2.35. The first kappa shape index (κ1) is 16.3. The molecule has 2 aromatic carbocycles. The summed E-state index contributed by atoms with van der Waals surface area (Å²) in [5.41, 5.74) is 6.36. The molecule has 0 unspecified atom stereocenters. The molecule has 0 atom stereocenters. The van der Waals surface area contributed by atoms with E-state index < -0.39 is 0 Å². The van der Waals surface area contributed by atoms with Gasteiger partial charge in [0.05, 0.1) is 6.54 Å². The molecular formula is C19H23N3O2. The molecule has 0 saturated carbocycles. The van der Waals surface area contributed by atoms with E-state index in [-0.39, 0.29) is 17.7 Å². The van der Waals surface area contributed by atoms with Crippen LogP contribution in [-0.2, 0) is 9.59 Å². The van der Waals surface area contributed by atoms with Gasteiger partial charge in [-0.3, -0.25) is 9.59 Å². The zero-order valence-corrected chi connectivity index (χ0v) is 13.9. The van der Waals surface area contributed by atoms with Crippen molar-refractivity contribution in [2.45, 2.75) is 12.8 Å². The molecule has 3 rings (SSSR count). The fraction of sp³-hybridized carbons (Fsp3) is 0.368. The molecule has 1 heterocycles. The minimum absolute atomic E-state index is 0.0905. The zero-order chi connectivity index (χ0) is 17.1. The van der Waals surface area contributed by atoms with Crippen LogP contribution in [0.3, 0.4) is 0 Å². The molecule has 0 spiro atoms. The first-order chi connectivity index (χ1) is 11.5. The Morgan fingerprint density at radius 1 is 1.12 bits per heavy atom. The molecular weight excluding hydrogens is 302 g/mol. The Hall–Kier alpha value is -2.56. The van der Waals surface area contributed by atoms with Gasteiger partial charge >= 0.3 is 0 Å². The number of carbonyl (C=O) groups is 2. The highest BCUT2D eigenvalue weighted by molar-refractivity contribution is 5.87. The number of anilines is 1. The van der Waals surface area contributed by atoms with E-state index in [9.17, 15) is 9.59 Å². The first-order valence-electron chi connectivity index (χ1n) is 8.31. The Labute approximate surface area is 142 Å². The van der Waals surface area contributed by atoms with Gasteiger partial charge in [-0.2, -0.15) is 0 Å². The van der Waals surface area contributed by atoms with Gasteiger partial charge in [0.15, 0.2) is 0 Å². The number of carbonyl (C=O) groups excluding carboxylic acids is 2. The number of primary amides is 1. The highest BCUT2D eigenvalue weighted by Crippen LogP contribution is 2.22. The number of likely N-dealkylation sites (tertiary alicyclic amines) is 1. The SMILES string of the molecule is CN(CC(=O)N1CCC(C(N)=O)CC1)c1ccc2ccccc2c1. The third-order valence-corrected chi connectivity index (χ3v) is 4.80. The second kappa shape index (κ2) is 6.91. The highest BCUT2D eigenvalue weighted by Gasteiger charge is 2.26. The number of benzene rings is 2. The molecule has 0 aliphatic carbocycles. The Bertz CT molecular complexity index is 751. The van der Waals surface area contributed by atoms with E-state index in [1.54, 1.807) is 0 Å². The number of nitrogens with two attached hydrogens (primary N) is 1. The van der Waals surface area contributed by atoms with Crippen LogP contribution < -0.4 is 10.6 Å². The van der Waals surface area contributed by atoms with Crippen molar-refractivity contribution < 1.29 is 9.59 Å². The number of likely N-dealkylation sites (N-methyl/N-ethyl adjacent to an activating group) is 1. The van der Waals surface area contributed by atoms with E-state index in [0.29, 0.717) is 32.5 Å². The fourth-order valence-electron chi connectivity index (χ4n) is 3.22. The highest BCUT2D eigenvalue weighted by atomic mass is 16.2. The number of fused-ring (bicyclic) bond motifs is 1. The smallest absolute Gasteiger partial charge is 0.242 e. The van der Waals surface area contributed by atoms with Gasteiger partial charge in [-0.05, 0) is 35.7 Å². The number of rotatable bonds is 4. The summed E-state index contributed by atoms with van der Waals surface area (Å²) in [6, 6.07) is 14.4. The van der Waals surface area contributed by atoms with Gasteiger partial charge in [0.25, 0.3) is 0 Å². The van der Waals surface area contributed by atoms with Crippen molar-refractivity contribution >= 4 is 28.3 Å². The topological polar surface area (TPSA) is 66.6 Å². The first-order valence-corrected chi connectivity index (χ1v) is 8.31. The van der Waals surface area contributed by atoms with Crippen LogP contribution in [0, 0.1) is 5.92 Å². The van der Waals surface area contributed by atoms with E-state index in [4.69, 9.17) is 5.73 Å². The predicted octanol–water partition coefficient (Wildman–Crippen LogP) is 2.00. The summed E-state index contributed by atoms with van der Waals surface area (Å²) < 4.78 is 0. The van der Waals surface area contributed by atoms with Crippen molar-refractivity contribution in [3.8, 4) is 0 Å². The lowest BCUT2D eigenvalue weighted by Crippen LogP contribution is -2.45. The van der Waals surface area contributed by atoms with Crippen LogP contribution in [0.1, 0.15) is 12.8 Å². The molecule has 1 saturated heterocycles. The molecule has 0 aromatic heterocycles. The fourth-order valence-corrected chi connectivity index (χ4v) is 3.22. The molecule has 1 aliphatic heterocycles. The maximum atomic E-state index is 12.5. The van der Waals surface area contributed by atoms with Crippen molar-refractivity contribution in [2.24, 2.45) is 11.7 Å². The Morgan fingerprint density at radius 2 is 1.79 bits per heavy atom. The van der Waals surface area contributed by atoms with Gasteiger partial charge in [0.2, 0.25) is 11.8 Å². The summed E-state index contributed by atoms with van der Waals surface area (Å²) in [6.45, 7) is 1.55. The molecule has 1 fully saturated rings. The number of hydrogen-bond donors (Lipinski definition) is 1. The van der Waals surface area contributed by atoms with Crippen LogP contribution in [0.2, 0.25) is 0 Å². The van der Waals surface area contributed by atoms with Crippen LogP contribution >= 0.6 is 0 Å². The van der Waals surface area contributed by atoms with Crippen LogP contribution in [0.4, 0.5) is 5.69 Å². The van der Waals surface area contributed by atoms with Crippen LogP contribution in [0.15, 0.2) is 42.5 Å². The second-order valence-electron chi connectivity index (χ2n) is 6.44. The quantitative estimate of drug-likeness (QED) is 0.935.